The fraction of sp³-hybridized carbons (Fsp3) is 0.400. The zero-order chi connectivity index (χ0) is 15.8. The Balaban J connectivity index is 2.34. The second-order valence-electron chi connectivity index (χ2n) is 5.99. The van der Waals surface area contributed by atoms with Gasteiger partial charge in [-0.05, 0) is 27.7 Å². The Bertz CT molecular complexity index is 657. The molecule has 0 amide bonds. The molecule has 114 valence electrons. The Morgan fingerprint density at radius 2 is 1.71 bits per heavy atom. The predicted octanol–water partition coefficient (Wildman–Crippen LogP) is 3.49. The molecule has 0 fully saturated rings. The molecule has 1 aromatic heterocycles. The van der Waals surface area contributed by atoms with Gasteiger partial charge in [0.2, 0.25) is 0 Å². The minimum atomic E-state index is -1.21. The number of nitrogens with one attached hydrogen (secondary N) is 1. The maximum atomic E-state index is 13.8. The highest BCUT2D eigenvalue weighted by atomic mass is 19.2. The van der Waals surface area contributed by atoms with E-state index in [1.54, 1.807) is 13.1 Å². The topological polar surface area (TPSA) is 29.9 Å². The maximum absolute atomic E-state index is 13.8. The van der Waals surface area contributed by atoms with E-state index < -0.39 is 17.5 Å². The zero-order valence-electron chi connectivity index (χ0n) is 12.5. The average Bonchev–Trinajstić information content (AvgIpc) is 2.72. The smallest absolute Gasteiger partial charge is 0.161 e. The van der Waals surface area contributed by atoms with Gasteiger partial charge in [0.1, 0.15) is 5.69 Å². The molecule has 0 aliphatic carbocycles. The van der Waals surface area contributed by atoms with Crippen LogP contribution in [-0.2, 0) is 6.54 Å². The van der Waals surface area contributed by atoms with E-state index in [4.69, 9.17) is 0 Å². The molecule has 1 heterocycles. The van der Waals surface area contributed by atoms with Crippen LogP contribution in [0.4, 0.5) is 13.2 Å². The molecule has 3 nitrogen and oxygen atoms in total. The van der Waals surface area contributed by atoms with Gasteiger partial charge >= 0.3 is 0 Å². The van der Waals surface area contributed by atoms with Crippen LogP contribution in [0.25, 0.3) is 5.69 Å². The van der Waals surface area contributed by atoms with Crippen molar-refractivity contribution in [2.45, 2.75) is 39.8 Å². The molecule has 21 heavy (non-hydrogen) atoms. The maximum Gasteiger partial charge on any atom is 0.161 e. The van der Waals surface area contributed by atoms with Gasteiger partial charge in [-0.3, -0.25) is 0 Å². The molecule has 0 aliphatic heterocycles. The van der Waals surface area contributed by atoms with E-state index in [-0.39, 0.29) is 11.2 Å². The van der Waals surface area contributed by atoms with Crippen molar-refractivity contribution in [3.8, 4) is 5.69 Å². The molecule has 0 spiro atoms. The first-order chi connectivity index (χ1) is 9.69. The van der Waals surface area contributed by atoms with E-state index in [2.05, 4.69) is 10.4 Å². The summed E-state index contributed by atoms with van der Waals surface area (Å²) in [6.45, 7) is 8.40. The number of benzene rings is 1. The Morgan fingerprint density at radius 3 is 2.33 bits per heavy atom. The number of rotatable bonds is 3. The van der Waals surface area contributed by atoms with Gasteiger partial charge < -0.3 is 5.32 Å². The Kier molecular flexibility index (Phi) is 4.09. The minimum Gasteiger partial charge on any atom is -0.308 e. The van der Waals surface area contributed by atoms with Gasteiger partial charge in [0.15, 0.2) is 17.5 Å². The predicted molar refractivity (Wildman–Crippen MR) is 74.8 cm³/mol. The summed E-state index contributed by atoms with van der Waals surface area (Å²) in [5.74, 6) is -3.17. The largest absolute Gasteiger partial charge is 0.308 e. The van der Waals surface area contributed by atoms with E-state index in [0.29, 0.717) is 18.3 Å². The van der Waals surface area contributed by atoms with Crippen LogP contribution in [0, 0.1) is 24.4 Å². The number of aromatic nitrogens is 2. The lowest BCUT2D eigenvalue weighted by Gasteiger charge is -2.20. The second kappa shape index (κ2) is 5.52. The van der Waals surface area contributed by atoms with E-state index in [0.717, 1.165) is 11.6 Å². The van der Waals surface area contributed by atoms with E-state index in [9.17, 15) is 13.2 Å². The van der Waals surface area contributed by atoms with Crippen LogP contribution < -0.4 is 5.32 Å². The van der Waals surface area contributed by atoms with Crippen molar-refractivity contribution >= 4 is 0 Å². The average molecular weight is 297 g/mol. The number of hydrogen-bond donors (Lipinski definition) is 1. The monoisotopic (exact) mass is 297 g/mol. The third-order valence-electron chi connectivity index (χ3n) is 3.14. The zero-order valence-corrected chi connectivity index (χ0v) is 12.5. The molecule has 0 bridgehead atoms. The van der Waals surface area contributed by atoms with Crippen LogP contribution in [-0.4, -0.2) is 15.3 Å². The molecule has 0 aliphatic rings. The van der Waals surface area contributed by atoms with Crippen molar-refractivity contribution in [1.82, 2.24) is 15.1 Å². The van der Waals surface area contributed by atoms with Crippen LogP contribution in [0.15, 0.2) is 18.3 Å². The van der Waals surface area contributed by atoms with Crippen molar-refractivity contribution < 1.29 is 13.2 Å². The first kappa shape index (κ1) is 15.6. The van der Waals surface area contributed by atoms with Crippen molar-refractivity contribution in [1.29, 1.82) is 0 Å². The summed E-state index contributed by atoms with van der Waals surface area (Å²) < 4.78 is 41.3. The summed E-state index contributed by atoms with van der Waals surface area (Å²) in [7, 11) is 0. The van der Waals surface area contributed by atoms with Gasteiger partial charge in [-0.2, -0.15) is 5.10 Å². The molecular formula is C15H18F3N3. The highest BCUT2D eigenvalue weighted by Gasteiger charge is 2.16. The van der Waals surface area contributed by atoms with E-state index in [1.807, 2.05) is 20.8 Å². The normalized spacial score (nSPS) is 12.0. The minimum absolute atomic E-state index is 0.0677. The van der Waals surface area contributed by atoms with Crippen LogP contribution in [0.3, 0.4) is 0 Å². The molecule has 1 N–H and O–H groups in total. The van der Waals surface area contributed by atoms with Gasteiger partial charge in [-0.1, -0.05) is 0 Å². The highest BCUT2D eigenvalue weighted by molar-refractivity contribution is 5.37. The van der Waals surface area contributed by atoms with Crippen LogP contribution in [0.1, 0.15) is 32.0 Å². The van der Waals surface area contributed by atoms with Crippen LogP contribution >= 0.6 is 0 Å². The first-order valence-corrected chi connectivity index (χ1v) is 6.62. The van der Waals surface area contributed by atoms with Gasteiger partial charge in [-0.25, -0.2) is 17.9 Å². The SMILES string of the molecule is Cc1c(CNC(C)(C)C)cnn1-c1cc(F)c(F)cc1F. The Hall–Kier alpha value is -1.82. The Morgan fingerprint density at radius 1 is 1.10 bits per heavy atom. The standard InChI is InChI=1S/C15H18F3N3/c1-9-10(7-19-15(2,3)4)8-20-21(9)14-6-12(17)11(16)5-13(14)18/h5-6,8,19H,7H2,1-4H3. The summed E-state index contributed by atoms with van der Waals surface area (Å²) in [6, 6.07) is 1.34. The van der Waals surface area contributed by atoms with Crippen LogP contribution in [0.2, 0.25) is 0 Å². The summed E-state index contributed by atoms with van der Waals surface area (Å²) in [5, 5.41) is 7.36. The molecule has 0 saturated carbocycles. The molecular weight excluding hydrogens is 279 g/mol. The van der Waals surface area contributed by atoms with Crippen molar-refractivity contribution in [3.05, 3.63) is 47.0 Å². The van der Waals surface area contributed by atoms with Crippen LogP contribution in [0.5, 0.6) is 0 Å². The molecule has 0 unspecified atom stereocenters. The molecule has 1 aromatic carbocycles. The molecule has 0 atom stereocenters. The molecule has 0 saturated heterocycles. The lowest BCUT2D eigenvalue weighted by atomic mass is 10.1. The van der Waals surface area contributed by atoms with Gasteiger partial charge in [0.25, 0.3) is 0 Å². The molecule has 6 heteroatoms. The lowest BCUT2D eigenvalue weighted by Crippen LogP contribution is -2.35. The number of nitrogens with zero attached hydrogens (tertiary/aromatic N) is 2. The summed E-state index contributed by atoms with van der Waals surface area (Å²) in [5.41, 5.74) is 1.38. The third kappa shape index (κ3) is 3.44. The lowest BCUT2D eigenvalue weighted by molar-refractivity contribution is 0.423. The van der Waals surface area contributed by atoms with Gasteiger partial charge in [0.05, 0.1) is 6.20 Å². The third-order valence-corrected chi connectivity index (χ3v) is 3.14. The van der Waals surface area contributed by atoms with Crippen molar-refractivity contribution in [3.63, 3.8) is 0 Å². The van der Waals surface area contributed by atoms with E-state index >= 15 is 0 Å². The molecule has 2 rings (SSSR count). The Labute approximate surface area is 121 Å². The fourth-order valence-electron chi connectivity index (χ4n) is 1.89. The summed E-state index contributed by atoms with van der Waals surface area (Å²) >= 11 is 0. The van der Waals surface area contributed by atoms with E-state index in [1.165, 1.54) is 4.68 Å². The quantitative estimate of drug-likeness (QED) is 0.879. The van der Waals surface area contributed by atoms with Gasteiger partial charge in [-0.15, -0.1) is 0 Å². The highest BCUT2D eigenvalue weighted by Crippen LogP contribution is 2.20. The second-order valence-corrected chi connectivity index (χ2v) is 5.99. The molecule has 0 radical (unpaired) electrons. The fourth-order valence-corrected chi connectivity index (χ4v) is 1.89. The molecule has 2 aromatic rings. The van der Waals surface area contributed by atoms with Crippen molar-refractivity contribution in [2.75, 3.05) is 0 Å². The van der Waals surface area contributed by atoms with Crippen molar-refractivity contribution in [2.24, 2.45) is 0 Å². The summed E-state index contributed by atoms with van der Waals surface area (Å²) in [6.07, 6.45) is 1.59. The number of halogens is 3. The summed E-state index contributed by atoms with van der Waals surface area (Å²) in [4.78, 5) is 0. The van der Waals surface area contributed by atoms with Gasteiger partial charge in [0, 0.05) is 35.5 Å². The number of hydrogen-bond acceptors (Lipinski definition) is 2. The first-order valence-electron chi connectivity index (χ1n) is 6.62.